The Morgan fingerprint density at radius 1 is 1.32 bits per heavy atom. The van der Waals surface area contributed by atoms with Crippen LogP contribution < -0.4 is 5.32 Å². The van der Waals surface area contributed by atoms with Gasteiger partial charge in [0, 0.05) is 19.1 Å². The van der Waals surface area contributed by atoms with Crippen molar-refractivity contribution in [2.24, 2.45) is 17.3 Å². The maximum absolute atomic E-state index is 12.1. The van der Waals surface area contributed by atoms with Crippen LogP contribution in [0.4, 0.5) is 4.79 Å². The van der Waals surface area contributed by atoms with Crippen LogP contribution in [0.5, 0.6) is 0 Å². The average molecular weight is 268 g/mol. The Morgan fingerprint density at radius 3 is 2.47 bits per heavy atom. The average Bonchev–Trinajstić information content (AvgIpc) is 2.82. The number of amides is 2. The monoisotopic (exact) mass is 268 g/mol. The van der Waals surface area contributed by atoms with E-state index in [0.717, 1.165) is 19.3 Å². The second kappa shape index (κ2) is 5.02. The van der Waals surface area contributed by atoms with Gasteiger partial charge in [-0.05, 0) is 30.6 Å². The van der Waals surface area contributed by atoms with E-state index in [4.69, 9.17) is 5.11 Å². The summed E-state index contributed by atoms with van der Waals surface area (Å²) in [6, 6.07) is 0.139. The van der Waals surface area contributed by atoms with E-state index in [2.05, 4.69) is 19.2 Å². The summed E-state index contributed by atoms with van der Waals surface area (Å²) in [4.78, 5) is 24.8. The maximum Gasteiger partial charge on any atom is 0.317 e. The number of nitrogens with zero attached hydrogens (tertiary/aromatic N) is 1. The van der Waals surface area contributed by atoms with Crippen LogP contribution in [0.25, 0.3) is 0 Å². The first-order valence-corrected chi connectivity index (χ1v) is 7.07. The Labute approximate surface area is 114 Å². The molecule has 108 valence electrons. The summed E-state index contributed by atoms with van der Waals surface area (Å²) in [6.07, 6.45) is 3.15. The number of hydrogen-bond acceptors (Lipinski definition) is 2. The van der Waals surface area contributed by atoms with Gasteiger partial charge in [0.15, 0.2) is 0 Å². The van der Waals surface area contributed by atoms with Gasteiger partial charge in [-0.25, -0.2) is 4.79 Å². The molecule has 2 aliphatic rings. The van der Waals surface area contributed by atoms with Gasteiger partial charge < -0.3 is 15.3 Å². The van der Waals surface area contributed by atoms with Crippen LogP contribution in [-0.4, -0.2) is 41.1 Å². The predicted molar refractivity (Wildman–Crippen MR) is 71.8 cm³/mol. The van der Waals surface area contributed by atoms with E-state index in [1.807, 2.05) is 6.92 Å². The van der Waals surface area contributed by atoms with E-state index >= 15 is 0 Å². The van der Waals surface area contributed by atoms with E-state index in [0.29, 0.717) is 18.5 Å². The van der Waals surface area contributed by atoms with Crippen LogP contribution >= 0.6 is 0 Å². The lowest BCUT2D eigenvalue weighted by atomic mass is 9.92. The number of aliphatic carboxylic acids is 1. The quantitative estimate of drug-likeness (QED) is 0.804. The highest BCUT2D eigenvalue weighted by Gasteiger charge is 2.38. The van der Waals surface area contributed by atoms with E-state index in [1.165, 1.54) is 0 Å². The largest absolute Gasteiger partial charge is 0.481 e. The van der Waals surface area contributed by atoms with E-state index < -0.39 is 11.9 Å². The molecule has 3 atom stereocenters. The number of carboxylic acids is 1. The number of likely N-dealkylation sites (tertiary alicyclic amines) is 1. The van der Waals surface area contributed by atoms with Crippen molar-refractivity contribution in [3.8, 4) is 0 Å². The third kappa shape index (κ3) is 3.19. The number of carboxylic acid groups (broad SMARTS) is 1. The van der Waals surface area contributed by atoms with Gasteiger partial charge in [0.2, 0.25) is 0 Å². The zero-order valence-electron chi connectivity index (χ0n) is 12.0. The third-order valence-corrected chi connectivity index (χ3v) is 4.51. The van der Waals surface area contributed by atoms with Gasteiger partial charge >= 0.3 is 12.0 Å². The Kier molecular flexibility index (Phi) is 3.74. The van der Waals surface area contributed by atoms with Crippen molar-refractivity contribution in [3.63, 3.8) is 0 Å². The minimum Gasteiger partial charge on any atom is -0.481 e. The Hall–Kier alpha value is -1.26. The van der Waals surface area contributed by atoms with Gasteiger partial charge in [-0.2, -0.15) is 0 Å². The summed E-state index contributed by atoms with van der Waals surface area (Å²) in [5, 5.41) is 12.1. The van der Waals surface area contributed by atoms with Crippen molar-refractivity contribution in [2.75, 3.05) is 13.1 Å². The van der Waals surface area contributed by atoms with E-state index in [1.54, 1.807) is 4.90 Å². The summed E-state index contributed by atoms with van der Waals surface area (Å²) in [5.41, 5.74) is 0.305. The molecular weight excluding hydrogens is 244 g/mol. The number of carbonyl (C=O) groups is 2. The van der Waals surface area contributed by atoms with Crippen molar-refractivity contribution in [3.05, 3.63) is 0 Å². The number of nitrogens with one attached hydrogen (secondary N) is 1. The maximum atomic E-state index is 12.1. The minimum absolute atomic E-state index is 0.0308. The van der Waals surface area contributed by atoms with Gasteiger partial charge in [-0.15, -0.1) is 0 Å². The lowest BCUT2D eigenvalue weighted by molar-refractivity contribution is -0.142. The van der Waals surface area contributed by atoms with Crippen molar-refractivity contribution >= 4 is 12.0 Å². The molecule has 2 amide bonds. The fourth-order valence-electron chi connectivity index (χ4n) is 3.28. The third-order valence-electron chi connectivity index (χ3n) is 4.51. The zero-order valence-corrected chi connectivity index (χ0v) is 12.0. The highest BCUT2D eigenvalue weighted by molar-refractivity contribution is 5.77. The molecule has 1 aliphatic carbocycles. The molecule has 1 aliphatic heterocycles. The molecule has 0 radical (unpaired) electrons. The van der Waals surface area contributed by atoms with Crippen molar-refractivity contribution in [1.82, 2.24) is 10.2 Å². The second-order valence-electron chi connectivity index (χ2n) is 6.88. The van der Waals surface area contributed by atoms with Crippen LogP contribution in [0.2, 0.25) is 0 Å². The van der Waals surface area contributed by atoms with Crippen molar-refractivity contribution in [2.45, 2.75) is 46.1 Å². The van der Waals surface area contributed by atoms with Crippen molar-refractivity contribution < 1.29 is 14.7 Å². The first-order valence-electron chi connectivity index (χ1n) is 7.07. The normalized spacial score (nSPS) is 33.4. The van der Waals surface area contributed by atoms with Gasteiger partial charge in [0.25, 0.3) is 0 Å². The minimum atomic E-state index is -0.801. The molecule has 2 N–H and O–H groups in total. The molecule has 0 aromatic carbocycles. The SMILES string of the molecule is C[C@@H]1CN(C(=O)NC2CCC(C)(C)C2)C[C@H]1C(=O)O. The fraction of sp³-hybridized carbons (Fsp3) is 0.857. The standard InChI is InChI=1S/C14H24N2O3/c1-9-7-16(8-11(9)12(17)18)13(19)15-10-4-5-14(2,3)6-10/h9-11H,4-8H2,1-3H3,(H,15,19)(H,17,18)/t9-,10?,11-/m1/s1. The van der Waals surface area contributed by atoms with Gasteiger partial charge in [-0.3, -0.25) is 4.79 Å². The molecule has 0 aromatic heterocycles. The van der Waals surface area contributed by atoms with Gasteiger partial charge in [0.05, 0.1) is 5.92 Å². The molecule has 0 bridgehead atoms. The van der Waals surface area contributed by atoms with Crippen LogP contribution in [0.3, 0.4) is 0 Å². The molecular formula is C14H24N2O3. The Balaban J connectivity index is 1.87. The zero-order chi connectivity index (χ0) is 14.2. The Bertz CT molecular complexity index is 381. The van der Waals surface area contributed by atoms with Crippen LogP contribution in [0, 0.1) is 17.3 Å². The summed E-state index contributed by atoms with van der Waals surface area (Å²) in [5.74, 6) is -1.20. The molecule has 5 nitrogen and oxygen atoms in total. The summed E-state index contributed by atoms with van der Waals surface area (Å²) in [7, 11) is 0. The molecule has 2 rings (SSSR count). The molecule has 1 saturated heterocycles. The molecule has 2 fully saturated rings. The summed E-state index contributed by atoms with van der Waals surface area (Å²) < 4.78 is 0. The topological polar surface area (TPSA) is 69.6 Å². The van der Waals surface area contributed by atoms with Crippen LogP contribution in [0.1, 0.15) is 40.0 Å². The highest BCUT2D eigenvalue weighted by atomic mass is 16.4. The van der Waals surface area contributed by atoms with E-state index in [-0.39, 0.29) is 18.0 Å². The second-order valence-corrected chi connectivity index (χ2v) is 6.88. The molecule has 1 unspecified atom stereocenters. The summed E-state index contributed by atoms with van der Waals surface area (Å²) in [6.45, 7) is 7.21. The number of rotatable bonds is 2. The van der Waals surface area contributed by atoms with Gasteiger partial charge in [0.1, 0.15) is 0 Å². The Morgan fingerprint density at radius 2 is 2.00 bits per heavy atom. The van der Waals surface area contributed by atoms with Crippen LogP contribution in [0.15, 0.2) is 0 Å². The van der Waals surface area contributed by atoms with Crippen LogP contribution in [-0.2, 0) is 4.79 Å². The number of urea groups is 1. The van der Waals surface area contributed by atoms with Gasteiger partial charge in [-0.1, -0.05) is 20.8 Å². The number of hydrogen-bond donors (Lipinski definition) is 2. The highest BCUT2D eigenvalue weighted by Crippen LogP contribution is 2.37. The molecule has 0 spiro atoms. The first kappa shape index (κ1) is 14.2. The first-order chi connectivity index (χ1) is 8.78. The lowest BCUT2D eigenvalue weighted by Crippen LogP contribution is -2.43. The molecule has 19 heavy (non-hydrogen) atoms. The molecule has 5 heteroatoms. The number of carbonyl (C=O) groups excluding carboxylic acids is 1. The lowest BCUT2D eigenvalue weighted by Gasteiger charge is -2.22. The smallest absolute Gasteiger partial charge is 0.317 e. The fourth-order valence-corrected chi connectivity index (χ4v) is 3.28. The molecule has 0 aromatic rings. The molecule has 1 heterocycles. The van der Waals surface area contributed by atoms with Crippen molar-refractivity contribution in [1.29, 1.82) is 0 Å². The summed E-state index contributed by atoms with van der Waals surface area (Å²) >= 11 is 0. The van der Waals surface area contributed by atoms with E-state index in [9.17, 15) is 9.59 Å². The molecule has 1 saturated carbocycles. The predicted octanol–water partition coefficient (Wildman–Crippen LogP) is 1.93.